The minimum atomic E-state index is -0.0782. The Morgan fingerprint density at radius 2 is 2.22 bits per heavy atom. The van der Waals surface area contributed by atoms with E-state index in [9.17, 15) is 4.79 Å². The lowest BCUT2D eigenvalue weighted by Crippen LogP contribution is -2.20. The van der Waals surface area contributed by atoms with E-state index in [1.54, 1.807) is 7.05 Å². The Labute approximate surface area is 107 Å². The second kappa shape index (κ2) is 5.17. The number of benzene rings is 1. The van der Waals surface area contributed by atoms with Crippen LogP contribution in [0.2, 0.25) is 0 Å². The van der Waals surface area contributed by atoms with E-state index < -0.39 is 0 Å². The summed E-state index contributed by atoms with van der Waals surface area (Å²) in [4.78, 5) is 15.0. The minimum Gasteiger partial charge on any atom is -0.439 e. The first-order chi connectivity index (χ1) is 8.69. The summed E-state index contributed by atoms with van der Waals surface area (Å²) in [5, 5.41) is 0. The topological polar surface area (TPSA) is 38.7 Å². The third-order valence-corrected chi connectivity index (χ3v) is 3.23. The summed E-state index contributed by atoms with van der Waals surface area (Å²) in [6.07, 6.45) is 3.78. The molecule has 0 radical (unpaired) electrons. The first kappa shape index (κ1) is 12.6. The molecular weight excluding hydrogens is 226 g/mol. The maximum atomic E-state index is 10.8. The van der Waals surface area contributed by atoms with Gasteiger partial charge in [-0.2, -0.15) is 0 Å². The largest absolute Gasteiger partial charge is 0.439 e. The average molecular weight is 243 g/mol. The predicted octanol–water partition coefficient (Wildman–Crippen LogP) is 2.90. The predicted molar refractivity (Wildman–Crippen MR) is 72.4 cm³/mol. The summed E-state index contributed by atoms with van der Waals surface area (Å²) < 4.78 is 5.75. The number of hydrogen-bond donors (Lipinski definition) is 0. The second-order valence-electron chi connectivity index (χ2n) is 4.41. The van der Waals surface area contributed by atoms with E-state index in [-0.39, 0.29) is 5.92 Å². The highest BCUT2D eigenvalue weighted by atomic mass is 16.5. The van der Waals surface area contributed by atoms with Crippen LogP contribution >= 0.6 is 0 Å². The fourth-order valence-corrected chi connectivity index (χ4v) is 2.06. The normalized spacial score (nSPS) is 20.4. The quantitative estimate of drug-likeness (QED) is 0.749. The van der Waals surface area contributed by atoms with E-state index in [2.05, 4.69) is 4.99 Å². The van der Waals surface area contributed by atoms with Crippen LogP contribution in [0, 0.1) is 0 Å². The molecule has 0 aromatic heterocycles. The number of carbonyl (C=O) groups is 1. The van der Waals surface area contributed by atoms with Crippen LogP contribution in [0.4, 0.5) is 0 Å². The second-order valence-corrected chi connectivity index (χ2v) is 4.41. The molecule has 2 rings (SSSR count). The molecule has 1 heterocycles. The monoisotopic (exact) mass is 243 g/mol. The average Bonchev–Trinajstić information content (AvgIpc) is 2.44. The SMILES string of the molecule is C/C=C1/Cc2cc(C(C)C=O)ccc2OC1=NC. The van der Waals surface area contributed by atoms with Gasteiger partial charge < -0.3 is 9.53 Å². The number of allylic oxidation sites excluding steroid dienone is 1. The van der Waals surface area contributed by atoms with E-state index in [0.717, 1.165) is 35.2 Å². The summed E-state index contributed by atoms with van der Waals surface area (Å²) in [5.41, 5.74) is 3.22. The van der Waals surface area contributed by atoms with Gasteiger partial charge in [-0.05, 0) is 24.1 Å². The highest BCUT2D eigenvalue weighted by molar-refractivity contribution is 5.97. The lowest BCUT2D eigenvalue weighted by atomic mass is 9.95. The van der Waals surface area contributed by atoms with Crippen molar-refractivity contribution in [1.29, 1.82) is 0 Å². The molecule has 0 N–H and O–H groups in total. The van der Waals surface area contributed by atoms with Gasteiger partial charge in [0.15, 0.2) is 0 Å². The lowest BCUT2D eigenvalue weighted by Gasteiger charge is -2.22. The summed E-state index contributed by atoms with van der Waals surface area (Å²) >= 11 is 0. The van der Waals surface area contributed by atoms with Gasteiger partial charge in [0.2, 0.25) is 5.90 Å². The minimum absolute atomic E-state index is 0.0782. The molecule has 0 bridgehead atoms. The Morgan fingerprint density at radius 1 is 1.44 bits per heavy atom. The van der Waals surface area contributed by atoms with Gasteiger partial charge in [-0.1, -0.05) is 25.1 Å². The fraction of sp³-hybridized carbons (Fsp3) is 0.333. The summed E-state index contributed by atoms with van der Waals surface area (Å²) in [6.45, 7) is 3.88. The summed E-state index contributed by atoms with van der Waals surface area (Å²) in [6, 6.07) is 5.90. The van der Waals surface area contributed by atoms with Gasteiger partial charge in [-0.3, -0.25) is 4.99 Å². The number of aliphatic imine (C=N–C) groups is 1. The molecule has 0 saturated carbocycles. The van der Waals surface area contributed by atoms with Gasteiger partial charge in [-0.15, -0.1) is 0 Å². The number of ether oxygens (including phenoxy) is 1. The number of fused-ring (bicyclic) bond motifs is 1. The standard InChI is InChI=1S/C15H17NO2/c1-4-11-7-13-8-12(10(2)9-17)5-6-14(13)18-15(11)16-3/h4-6,8-10H,7H2,1-3H3/b11-4-,16-15?. The van der Waals surface area contributed by atoms with Crippen LogP contribution in [0.25, 0.3) is 0 Å². The highest BCUT2D eigenvalue weighted by Crippen LogP contribution is 2.30. The van der Waals surface area contributed by atoms with Gasteiger partial charge in [-0.25, -0.2) is 0 Å². The van der Waals surface area contributed by atoms with Crippen LogP contribution < -0.4 is 4.74 Å². The van der Waals surface area contributed by atoms with E-state index in [1.165, 1.54) is 0 Å². The summed E-state index contributed by atoms with van der Waals surface area (Å²) in [7, 11) is 1.73. The molecule has 3 nitrogen and oxygen atoms in total. The van der Waals surface area contributed by atoms with Crippen LogP contribution in [-0.2, 0) is 11.2 Å². The number of nitrogens with zero attached hydrogens (tertiary/aromatic N) is 1. The third kappa shape index (κ3) is 2.21. The molecule has 1 aliphatic rings. The van der Waals surface area contributed by atoms with Crippen LogP contribution in [0.5, 0.6) is 5.75 Å². The van der Waals surface area contributed by atoms with Crippen molar-refractivity contribution in [2.45, 2.75) is 26.2 Å². The van der Waals surface area contributed by atoms with E-state index in [0.29, 0.717) is 5.90 Å². The zero-order chi connectivity index (χ0) is 13.1. The van der Waals surface area contributed by atoms with Gasteiger partial charge in [0.1, 0.15) is 12.0 Å². The third-order valence-electron chi connectivity index (χ3n) is 3.23. The number of rotatable bonds is 2. The molecule has 94 valence electrons. The first-order valence-corrected chi connectivity index (χ1v) is 6.08. The van der Waals surface area contributed by atoms with Gasteiger partial charge in [0, 0.05) is 25.0 Å². The smallest absolute Gasteiger partial charge is 0.217 e. The fourth-order valence-electron chi connectivity index (χ4n) is 2.06. The van der Waals surface area contributed by atoms with E-state index in [1.807, 2.05) is 38.1 Å². The molecule has 1 aromatic carbocycles. The van der Waals surface area contributed by atoms with Crippen molar-refractivity contribution in [2.75, 3.05) is 7.05 Å². The first-order valence-electron chi connectivity index (χ1n) is 6.08. The van der Waals surface area contributed by atoms with Crippen LogP contribution in [0.1, 0.15) is 30.9 Å². The molecule has 3 heteroatoms. The van der Waals surface area contributed by atoms with Crippen LogP contribution in [-0.4, -0.2) is 19.2 Å². The van der Waals surface area contributed by atoms with Crippen molar-refractivity contribution in [3.05, 3.63) is 41.0 Å². The van der Waals surface area contributed by atoms with Crippen molar-refractivity contribution in [2.24, 2.45) is 4.99 Å². The Kier molecular flexibility index (Phi) is 3.60. The molecule has 1 atom stereocenters. The van der Waals surface area contributed by atoms with E-state index in [4.69, 9.17) is 4.74 Å². The summed E-state index contributed by atoms with van der Waals surface area (Å²) in [5.74, 6) is 1.44. The lowest BCUT2D eigenvalue weighted by molar-refractivity contribution is -0.108. The molecule has 0 saturated heterocycles. The van der Waals surface area contributed by atoms with Crippen molar-refractivity contribution in [3.63, 3.8) is 0 Å². The maximum absolute atomic E-state index is 10.8. The highest BCUT2D eigenvalue weighted by Gasteiger charge is 2.20. The van der Waals surface area contributed by atoms with Crippen molar-refractivity contribution >= 4 is 12.2 Å². The van der Waals surface area contributed by atoms with Crippen molar-refractivity contribution in [3.8, 4) is 5.75 Å². The Bertz CT molecular complexity index is 529. The van der Waals surface area contributed by atoms with Gasteiger partial charge in [0.05, 0.1) is 0 Å². The molecule has 1 aromatic rings. The molecule has 0 spiro atoms. The van der Waals surface area contributed by atoms with Crippen molar-refractivity contribution in [1.82, 2.24) is 0 Å². The van der Waals surface area contributed by atoms with Crippen LogP contribution in [0.3, 0.4) is 0 Å². The molecule has 18 heavy (non-hydrogen) atoms. The molecule has 1 aliphatic heterocycles. The van der Waals surface area contributed by atoms with Gasteiger partial charge in [0.25, 0.3) is 0 Å². The van der Waals surface area contributed by atoms with Crippen molar-refractivity contribution < 1.29 is 9.53 Å². The maximum Gasteiger partial charge on any atom is 0.217 e. The van der Waals surface area contributed by atoms with Crippen LogP contribution in [0.15, 0.2) is 34.8 Å². The Balaban J connectivity index is 2.41. The molecule has 0 aliphatic carbocycles. The number of carbonyl (C=O) groups excluding carboxylic acids is 1. The Hall–Kier alpha value is -1.90. The molecule has 0 fully saturated rings. The molecule has 1 unspecified atom stereocenters. The number of aldehydes is 1. The van der Waals surface area contributed by atoms with Gasteiger partial charge >= 0.3 is 0 Å². The Morgan fingerprint density at radius 3 is 2.83 bits per heavy atom. The molecular formula is C15H17NO2. The van der Waals surface area contributed by atoms with E-state index >= 15 is 0 Å². The zero-order valence-electron chi connectivity index (χ0n) is 10.9. The molecule has 0 amide bonds. The zero-order valence-corrected chi connectivity index (χ0v) is 10.9. The number of hydrogen-bond acceptors (Lipinski definition) is 3.